The van der Waals surface area contributed by atoms with E-state index in [0.29, 0.717) is 10.9 Å². The summed E-state index contributed by atoms with van der Waals surface area (Å²) in [4.78, 5) is 15.6. The molecule has 3 heterocycles. The van der Waals surface area contributed by atoms with Crippen LogP contribution in [0.5, 0.6) is 0 Å². The first kappa shape index (κ1) is 15.2. The van der Waals surface area contributed by atoms with Gasteiger partial charge in [0.05, 0.1) is 11.1 Å². The molecule has 0 atom stereocenters. The van der Waals surface area contributed by atoms with Gasteiger partial charge in [0.2, 0.25) is 0 Å². The normalized spacial score (nSPS) is 11.2. The van der Waals surface area contributed by atoms with Gasteiger partial charge in [-0.05, 0) is 47.5 Å². The molecule has 0 bridgehead atoms. The summed E-state index contributed by atoms with van der Waals surface area (Å²) in [7, 11) is 0. The number of thiophene rings is 1. The molecule has 7 heteroatoms. The van der Waals surface area contributed by atoms with Gasteiger partial charge in [-0.15, -0.1) is 11.3 Å². The molecule has 0 amide bonds. The number of fused-ring (bicyclic) bond motifs is 1. The van der Waals surface area contributed by atoms with E-state index in [4.69, 9.17) is 11.6 Å². The van der Waals surface area contributed by atoms with E-state index in [2.05, 4.69) is 44.7 Å². The first-order valence-corrected chi connectivity index (χ1v) is 9.19. The summed E-state index contributed by atoms with van der Waals surface area (Å²) < 4.78 is 0.977. The van der Waals surface area contributed by atoms with Crippen molar-refractivity contribution in [3.63, 3.8) is 0 Å². The number of hydrogen-bond donors (Lipinski definition) is 0. The van der Waals surface area contributed by atoms with Crippen LogP contribution in [-0.4, -0.2) is 15.0 Å². The molecule has 108 valence electrons. The number of hydrogen-bond acceptors (Lipinski definition) is 5. The number of nitrogens with zero attached hydrogens (tertiary/aromatic N) is 3. The van der Waals surface area contributed by atoms with Crippen LogP contribution in [-0.2, 0) is 5.75 Å². The van der Waals surface area contributed by atoms with Gasteiger partial charge in [0.25, 0.3) is 0 Å². The Morgan fingerprint density at radius 3 is 2.90 bits per heavy atom. The van der Waals surface area contributed by atoms with Gasteiger partial charge in [-0.25, -0.2) is 15.0 Å². The van der Waals surface area contributed by atoms with Crippen LogP contribution >= 0.6 is 50.6 Å². The molecule has 0 saturated carbocycles. The van der Waals surface area contributed by atoms with Crippen molar-refractivity contribution in [2.24, 2.45) is 0 Å². The number of pyridine rings is 1. The third kappa shape index (κ3) is 3.08. The first-order valence-electron chi connectivity index (χ1n) is 6.21. The van der Waals surface area contributed by atoms with Crippen LogP contribution < -0.4 is 0 Å². The van der Waals surface area contributed by atoms with Gasteiger partial charge < -0.3 is 0 Å². The Balaban J connectivity index is 1.90. The third-order valence-electron chi connectivity index (χ3n) is 3.09. The fraction of sp³-hybridized carbons (Fsp3) is 0.214. The first-order chi connectivity index (χ1) is 10.1. The lowest BCUT2D eigenvalue weighted by Gasteiger charge is -2.03. The maximum Gasteiger partial charge on any atom is 0.142 e. The van der Waals surface area contributed by atoms with Gasteiger partial charge in [-0.3, -0.25) is 0 Å². The fourth-order valence-electron chi connectivity index (χ4n) is 1.92. The Labute approximate surface area is 144 Å². The summed E-state index contributed by atoms with van der Waals surface area (Å²) in [5.74, 6) is 1.37. The van der Waals surface area contributed by atoms with Crippen molar-refractivity contribution in [1.82, 2.24) is 15.0 Å². The molecule has 3 rings (SSSR count). The number of aromatic nitrogens is 3. The van der Waals surface area contributed by atoms with Crippen molar-refractivity contribution in [3.05, 3.63) is 44.2 Å². The molecule has 0 unspecified atom stereocenters. The van der Waals surface area contributed by atoms with Crippen molar-refractivity contribution in [3.8, 4) is 0 Å². The predicted octanol–water partition coefficient (Wildman–Crippen LogP) is 5.41. The summed E-state index contributed by atoms with van der Waals surface area (Å²) in [5, 5.41) is 2.44. The van der Waals surface area contributed by atoms with E-state index in [0.717, 1.165) is 25.5 Å². The van der Waals surface area contributed by atoms with Gasteiger partial charge in [0, 0.05) is 15.5 Å². The van der Waals surface area contributed by atoms with Gasteiger partial charge in [0.15, 0.2) is 0 Å². The smallest absolute Gasteiger partial charge is 0.142 e. The lowest BCUT2D eigenvalue weighted by Crippen LogP contribution is -1.94. The summed E-state index contributed by atoms with van der Waals surface area (Å²) in [6, 6.07) is 3.86. The van der Waals surface area contributed by atoms with Crippen LogP contribution in [0.4, 0.5) is 0 Å². The van der Waals surface area contributed by atoms with Crippen molar-refractivity contribution >= 4 is 60.8 Å². The summed E-state index contributed by atoms with van der Waals surface area (Å²) in [6.07, 6.45) is 1.77. The molecular weight excluding hydrogens is 390 g/mol. The second-order valence-corrected chi connectivity index (χ2v) is 7.85. The minimum absolute atomic E-state index is 0.539. The second-order valence-electron chi connectivity index (χ2n) is 4.47. The highest BCUT2D eigenvalue weighted by molar-refractivity contribution is 9.10. The van der Waals surface area contributed by atoms with Crippen LogP contribution in [0.3, 0.4) is 0 Å². The average Bonchev–Trinajstić information content (AvgIpc) is 2.73. The van der Waals surface area contributed by atoms with Crippen LogP contribution in [0.2, 0.25) is 5.15 Å². The highest BCUT2D eigenvalue weighted by Crippen LogP contribution is 2.34. The van der Waals surface area contributed by atoms with E-state index in [9.17, 15) is 0 Å². The third-order valence-corrected chi connectivity index (χ3v) is 6.37. The summed E-state index contributed by atoms with van der Waals surface area (Å²) in [5.41, 5.74) is 1.17. The molecule has 0 aliphatic carbocycles. The molecule has 3 nitrogen and oxygen atoms in total. The Hall–Kier alpha value is -0.690. The summed E-state index contributed by atoms with van der Waals surface area (Å²) in [6.45, 7) is 4.14. The van der Waals surface area contributed by atoms with Crippen molar-refractivity contribution in [2.75, 3.05) is 0 Å². The van der Waals surface area contributed by atoms with Crippen LogP contribution in [0.25, 0.3) is 10.2 Å². The Bertz CT molecular complexity index is 819. The molecule has 0 aliphatic heterocycles. The monoisotopic (exact) mass is 399 g/mol. The van der Waals surface area contributed by atoms with Crippen molar-refractivity contribution in [2.45, 2.75) is 24.6 Å². The maximum absolute atomic E-state index is 6.32. The number of thioether (sulfide) groups is 1. The molecule has 0 aliphatic rings. The van der Waals surface area contributed by atoms with Gasteiger partial charge in [0.1, 0.15) is 20.8 Å². The van der Waals surface area contributed by atoms with Gasteiger partial charge in [-0.2, -0.15) is 0 Å². The molecule has 21 heavy (non-hydrogen) atoms. The minimum atomic E-state index is 0.539. The average molecular weight is 401 g/mol. The lowest BCUT2D eigenvalue weighted by atomic mass is 10.2. The van der Waals surface area contributed by atoms with Crippen LogP contribution in [0.15, 0.2) is 27.8 Å². The number of aryl methyl sites for hydroxylation is 2. The molecule has 0 fully saturated rings. The highest BCUT2D eigenvalue weighted by Gasteiger charge is 2.13. The van der Waals surface area contributed by atoms with Gasteiger partial charge in [-0.1, -0.05) is 23.4 Å². The molecule has 0 N–H and O–H groups in total. The molecular formula is C14H11BrClN3S2. The maximum atomic E-state index is 6.32. The van der Waals surface area contributed by atoms with E-state index in [1.165, 1.54) is 10.4 Å². The second kappa shape index (κ2) is 6.20. The molecule has 3 aromatic rings. The molecule has 0 saturated heterocycles. The summed E-state index contributed by atoms with van der Waals surface area (Å²) >= 11 is 13.1. The standard InChI is InChI=1S/C14H11BrClN3S2/c1-7-8(2)21-14-11(7)12(16)18-10(19-14)6-20-13-9(15)4-3-5-17-13/h3-5H,6H2,1-2H3. The van der Waals surface area contributed by atoms with Crippen molar-refractivity contribution in [1.29, 1.82) is 0 Å². The van der Waals surface area contributed by atoms with E-state index in [1.54, 1.807) is 29.3 Å². The van der Waals surface area contributed by atoms with Crippen LogP contribution in [0.1, 0.15) is 16.3 Å². The van der Waals surface area contributed by atoms with Crippen molar-refractivity contribution < 1.29 is 0 Å². The van der Waals surface area contributed by atoms with Gasteiger partial charge >= 0.3 is 0 Å². The zero-order valence-electron chi connectivity index (χ0n) is 11.4. The molecule has 3 aromatic heterocycles. The lowest BCUT2D eigenvalue weighted by molar-refractivity contribution is 1.06. The Morgan fingerprint density at radius 1 is 1.33 bits per heavy atom. The quantitative estimate of drug-likeness (QED) is 0.435. The van der Waals surface area contributed by atoms with E-state index in [-0.39, 0.29) is 0 Å². The number of rotatable bonds is 3. The van der Waals surface area contributed by atoms with E-state index in [1.807, 2.05) is 12.1 Å². The van der Waals surface area contributed by atoms with E-state index < -0.39 is 0 Å². The minimum Gasteiger partial charge on any atom is -0.249 e. The zero-order chi connectivity index (χ0) is 15.0. The molecule has 0 aromatic carbocycles. The fourth-order valence-corrected chi connectivity index (χ4v) is 4.68. The molecule has 0 radical (unpaired) electrons. The highest BCUT2D eigenvalue weighted by atomic mass is 79.9. The zero-order valence-corrected chi connectivity index (χ0v) is 15.3. The number of halogens is 2. The Morgan fingerprint density at radius 2 is 2.14 bits per heavy atom. The predicted molar refractivity (Wildman–Crippen MR) is 93.4 cm³/mol. The molecule has 0 spiro atoms. The van der Waals surface area contributed by atoms with E-state index >= 15 is 0 Å². The van der Waals surface area contributed by atoms with Crippen LogP contribution in [0, 0.1) is 13.8 Å². The topological polar surface area (TPSA) is 38.7 Å². The SMILES string of the molecule is Cc1sc2nc(CSc3ncccc3Br)nc(Cl)c2c1C. The Kier molecular flexibility index (Phi) is 4.49. The largest absolute Gasteiger partial charge is 0.249 e.